The van der Waals surface area contributed by atoms with Gasteiger partial charge >= 0.3 is 6.18 Å². The van der Waals surface area contributed by atoms with E-state index in [9.17, 15) is 13.2 Å². The van der Waals surface area contributed by atoms with E-state index in [4.69, 9.17) is 0 Å². The molecule has 0 aliphatic carbocycles. The molecular weight excluding hydrogens is 229 g/mol. The lowest BCUT2D eigenvalue weighted by molar-refractivity contribution is -0.141. The number of alkyl halides is 3. The van der Waals surface area contributed by atoms with Crippen molar-refractivity contribution in [1.82, 2.24) is 4.98 Å². The summed E-state index contributed by atoms with van der Waals surface area (Å²) in [7, 11) is 3.47. The molecule has 0 amide bonds. The van der Waals surface area contributed by atoms with E-state index in [1.165, 1.54) is 6.20 Å². The van der Waals surface area contributed by atoms with Crippen molar-refractivity contribution in [1.29, 1.82) is 0 Å². The maximum absolute atomic E-state index is 12.6. The predicted molar refractivity (Wildman–Crippen MR) is 62.3 cm³/mol. The quantitative estimate of drug-likeness (QED) is 0.808. The van der Waals surface area contributed by atoms with Gasteiger partial charge in [-0.3, -0.25) is 4.98 Å². The molecule has 0 bridgehead atoms. The molecule has 0 aliphatic rings. The number of aromatic nitrogens is 1. The number of pyridine rings is 1. The molecule has 1 unspecified atom stereocenters. The Kier molecular flexibility index (Phi) is 4.01. The summed E-state index contributed by atoms with van der Waals surface area (Å²) in [5.74, 6) is 0.196. The van der Waals surface area contributed by atoms with Crippen LogP contribution in [0.2, 0.25) is 0 Å². The molecule has 1 aromatic heterocycles. The van der Waals surface area contributed by atoms with Gasteiger partial charge in [0.2, 0.25) is 0 Å². The van der Waals surface area contributed by atoms with Crippen LogP contribution >= 0.6 is 0 Å². The average Bonchev–Trinajstić information content (AvgIpc) is 2.25. The normalized spacial score (nSPS) is 13.6. The third-order valence-electron chi connectivity index (χ3n) is 2.83. The number of halogens is 3. The maximum Gasteiger partial charge on any atom is 0.433 e. The first-order valence-corrected chi connectivity index (χ1v) is 5.51. The van der Waals surface area contributed by atoms with Crippen molar-refractivity contribution in [2.75, 3.05) is 19.0 Å². The molecule has 1 atom stereocenters. The van der Waals surface area contributed by atoms with E-state index >= 15 is 0 Å². The Morgan fingerprint density at radius 1 is 1.35 bits per heavy atom. The molecule has 1 rings (SSSR count). The van der Waals surface area contributed by atoms with Gasteiger partial charge in [0.05, 0.1) is 0 Å². The van der Waals surface area contributed by atoms with Crippen molar-refractivity contribution in [3.63, 3.8) is 0 Å². The van der Waals surface area contributed by atoms with E-state index in [1.54, 1.807) is 19.0 Å². The second-order valence-electron chi connectivity index (χ2n) is 4.33. The lowest BCUT2D eigenvalue weighted by Crippen LogP contribution is -2.16. The molecule has 1 heterocycles. The standard InChI is InChI=1S/C12H17F3N2/c1-5-8(2)9-7-16-11(12(13,14)15)6-10(9)17(3)4/h6-8H,5H2,1-4H3. The molecular formula is C12H17F3N2. The van der Waals surface area contributed by atoms with Gasteiger partial charge in [0, 0.05) is 26.0 Å². The van der Waals surface area contributed by atoms with Crippen LogP contribution in [0.3, 0.4) is 0 Å². The smallest absolute Gasteiger partial charge is 0.377 e. The Morgan fingerprint density at radius 2 is 1.94 bits per heavy atom. The molecule has 0 spiro atoms. The predicted octanol–water partition coefficient (Wildman–Crippen LogP) is 3.68. The van der Waals surface area contributed by atoms with Crippen molar-refractivity contribution >= 4 is 5.69 Å². The SMILES string of the molecule is CCC(C)c1cnc(C(F)(F)F)cc1N(C)C. The fourth-order valence-corrected chi connectivity index (χ4v) is 1.60. The number of anilines is 1. The van der Waals surface area contributed by atoms with Crippen molar-refractivity contribution in [2.24, 2.45) is 0 Å². The highest BCUT2D eigenvalue weighted by Gasteiger charge is 2.33. The van der Waals surface area contributed by atoms with Gasteiger partial charge in [0.15, 0.2) is 0 Å². The van der Waals surface area contributed by atoms with Gasteiger partial charge in [-0.05, 0) is 24.0 Å². The summed E-state index contributed by atoms with van der Waals surface area (Å²) in [6.45, 7) is 3.99. The van der Waals surface area contributed by atoms with E-state index in [2.05, 4.69) is 4.98 Å². The molecule has 1 aromatic rings. The lowest BCUT2D eigenvalue weighted by atomic mass is 9.98. The van der Waals surface area contributed by atoms with Gasteiger partial charge in [0.1, 0.15) is 5.69 Å². The van der Waals surface area contributed by atoms with Crippen molar-refractivity contribution in [3.05, 3.63) is 23.5 Å². The molecule has 17 heavy (non-hydrogen) atoms. The fraction of sp³-hybridized carbons (Fsp3) is 0.583. The highest BCUT2D eigenvalue weighted by Crippen LogP contribution is 2.34. The first-order chi connectivity index (χ1) is 7.77. The van der Waals surface area contributed by atoms with Crippen molar-refractivity contribution in [2.45, 2.75) is 32.4 Å². The van der Waals surface area contributed by atoms with Gasteiger partial charge in [-0.1, -0.05) is 13.8 Å². The van der Waals surface area contributed by atoms with Gasteiger partial charge in [-0.2, -0.15) is 13.2 Å². The summed E-state index contributed by atoms with van der Waals surface area (Å²) < 4.78 is 37.7. The Balaban J connectivity index is 3.27. The molecule has 0 fully saturated rings. The zero-order valence-electron chi connectivity index (χ0n) is 10.5. The second-order valence-corrected chi connectivity index (χ2v) is 4.33. The lowest BCUT2D eigenvalue weighted by Gasteiger charge is -2.21. The number of nitrogens with zero attached hydrogens (tertiary/aromatic N) is 2. The van der Waals surface area contributed by atoms with Gasteiger partial charge in [-0.15, -0.1) is 0 Å². The highest BCUT2D eigenvalue weighted by atomic mass is 19.4. The van der Waals surface area contributed by atoms with E-state index in [-0.39, 0.29) is 5.92 Å². The summed E-state index contributed by atoms with van der Waals surface area (Å²) in [4.78, 5) is 5.20. The molecule has 0 aliphatic heterocycles. The molecule has 0 saturated heterocycles. The van der Waals surface area contributed by atoms with Crippen LogP contribution in [0, 0.1) is 0 Å². The summed E-state index contributed by atoms with van der Waals surface area (Å²) in [6.07, 6.45) is -2.18. The first-order valence-electron chi connectivity index (χ1n) is 5.51. The number of hydrogen-bond donors (Lipinski definition) is 0. The van der Waals surface area contributed by atoms with Crippen LogP contribution in [0.4, 0.5) is 18.9 Å². The van der Waals surface area contributed by atoms with Crippen LogP contribution in [-0.2, 0) is 6.18 Å². The number of rotatable bonds is 3. The third-order valence-corrected chi connectivity index (χ3v) is 2.83. The Morgan fingerprint density at radius 3 is 2.35 bits per heavy atom. The number of hydrogen-bond acceptors (Lipinski definition) is 2. The average molecular weight is 246 g/mol. The summed E-state index contributed by atoms with van der Waals surface area (Å²) in [6, 6.07) is 1.11. The largest absolute Gasteiger partial charge is 0.433 e. The van der Waals surface area contributed by atoms with Crippen LogP contribution in [0.15, 0.2) is 12.3 Å². The van der Waals surface area contributed by atoms with Crippen LogP contribution < -0.4 is 4.90 Å². The monoisotopic (exact) mass is 246 g/mol. The fourth-order valence-electron chi connectivity index (χ4n) is 1.60. The van der Waals surface area contributed by atoms with Crippen LogP contribution in [0.25, 0.3) is 0 Å². The third kappa shape index (κ3) is 3.11. The Bertz CT molecular complexity index is 386. The minimum Gasteiger partial charge on any atom is -0.377 e. The van der Waals surface area contributed by atoms with E-state index in [0.717, 1.165) is 18.1 Å². The summed E-state index contributed by atoms with van der Waals surface area (Å²) >= 11 is 0. The highest BCUT2D eigenvalue weighted by molar-refractivity contribution is 5.54. The Labute approximate surface area is 99.5 Å². The zero-order chi connectivity index (χ0) is 13.2. The minimum atomic E-state index is -4.39. The topological polar surface area (TPSA) is 16.1 Å². The molecule has 96 valence electrons. The van der Waals surface area contributed by atoms with Crippen LogP contribution in [-0.4, -0.2) is 19.1 Å². The molecule has 0 radical (unpaired) electrons. The molecule has 0 aromatic carbocycles. The van der Waals surface area contributed by atoms with Crippen molar-refractivity contribution in [3.8, 4) is 0 Å². The van der Waals surface area contributed by atoms with Gasteiger partial charge in [0.25, 0.3) is 0 Å². The van der Waals surface area contributed by atoms with Gasteiger partial charge in [-0.25, -0.2) is 0 Å². The zero-order valence-corrected chi connectivity index (χ0v) is 10.5. The minimum absolute atomic E-state index is 0.196. The molecule has 0 saturated carbocycles. The maximum atomic E-state index is 12.6. The Hall–Kier alpha value is -1.26. The molecule has 5 heteroatoms. The van der Waals surface area contributed by atoms with Crippen LogP contribution in [0.5, 0.6) is 0 Å². The molecule has 2 nitrogen and oxygen atoms in total. The van der Waals surface area contributed by atoms with E-state index in [1.807, 2.05) is 13.8 Å². The van der Waals surface area contributed by atoms with Crippen LogP contribution in [0.1, 0.15) is 37.4 Å². The van der Waals surface area contributed by atoms with Crippen molar-refractivity contribution < 1.29 is 13.2 Å². The van der Waals surface area contributed by atoms with E-state index < -0.39 is 11.9 Å². The van der Waals surface area contributed by atoms with E-state index in [0.29, 0.717) is 5.69 Å². The summed E-state index contributed by atoms with van der Waals surface area (Å²) in [5, 5.41) is 0. The van der Waals surface area contributed by atoms with Gasteiger partial charge < -0.3 is 4.90 Å². The first kappa shape index (κ1) is 13.8. The molecule has 0 N–H and O–H groups in total. The summed E-state index contributed by atoms with van der Waals surface area (Å²) in [5.41, 5.74) is 0.598. The second kappa shape index (κ2) is 4.94.